The Bertz CT molecular complexity index is 899. The standard InChI is InChI=1S/C17H18N4O2/c1-9-7-5-6-8-12(9)18-13-10(2)14-15(11(3)20-21-14)19-16(13)17(22)23-4/h5-8,18H,1-4H3,(H,20,21). The third kappa shape index (κ3) is 2.52. The van der Waals surface area contributed by atoms with Gasteiger partial charge in [-0.15, -0.1) is 0 Å². The predicted octanol–water partition coefficient (Wildman–Crippen LogP) is 3.41. The first-order chi connectivity index (χ1) is 11.0. The number of carbonyl (C=O) groups excluding carboxylic acids is 1. The number of fused-ring (bicyclic) bond motifs is 1. The highest BCUT2D eigenvalue weighted by Gasteiger charge is 2.21. The van der Waals surface area contributed by atoms with Crippen LogP contribution in [0.4, 0.5) is 11.4 Å². The number of aromatic amines is 1. The van der Waals surface area contributed by atoms with E-state index in [-0.39, 0.29) is 5.69 Å². The van der Waals surface area contributed by atoms with Crippen LogP contribution >= 0.6 is 0 Å². The highest BCUT2D eigenvalue weighted by Crippen LogP contribution is 2.31. The van der Waals surface area contributed by atoms with Crippen LogP contribution in [0.1, 0.15) is 27.3 Å². The maximum Gasteiger partial charge on any atom is 0.358 e. The normalized spacial score (nSPS) is 10.8. The summed E-state index contributed by atoms with van der Waals surface area (Å²) in [5, 5.41) is 10.5. The molecule has 0 fully saturated rings. The molecule has 0 saturated carbocycles. The molecule has 0 aliphatic carbocycles. The molecule has 118 valence electrons. The number of hydrogen-bond acceptors (Lipinski definition) is 5. The van der Waals surface area contributed by atoms with Crippen LogP contribution in [0.5, 0.6) is 0 Å². The Kier molecular flexibility index (Phi) is 3.73. The monoisotopic (exact) mass is 310 g/mol. The van der Waals surface area contributed by atoms with Gasteiger partial charge in [0, 0.05) is 11.3 Å². The summed E-state index contributed by atoms with van der Waals surface area (Å²) < 4.78 is 4.89. The number of esters is 1. The summed E-state index contributed by atoms with van der Waals surface area (Å²) in [6.07, 6.45) is 0. The van der Waals surface area contributed by atoms with Crippen molar-refractivity contribution in [3.8, 4) is 0 Å². The number of anilines is 2. The minimum absolute atomic E-state index is 0.255. The van der Waals surface area contributed by atoms with E-state index in [0.717, 1.165) is 28.0 Å². The topological polar surface area (TPSA) is 79.9 Å². The molecule has 3 aromatic rings. The van der Waals surface area contributed by atoms with Crippen LogP contribution in [0.3, 0.4) is 0 Å². The summed E-state index contributed by atoms with van der Waals surface area (Å²) in [4.78, 5) is 16.6. The van der Waals surface area contributed by atoms with E-state index in [1.54, 1.807) is 0 Å². The molecule has 0 amide bonds. The number of aryl methyl sites for hydroxylation is 3. The summed E-state index contributed by atoms with van der Waals surface area (Å²) in [6, 6.07) is 7.86. The fraction of sp³-hybridized carbons (Fsp3) is 0.235. The van der Waals surface area contributed by atoms with Crippen LogP contribution in [-0.2, 0) is 4.74 Å². The molecule has 1 aromatic carbocycles. The van der Waals surface area contributed by atoms with Crippen LogP contribution in [0.25, 0.3) is 11.0 Å². The molecule has 0 spiro atoms. The average Bonchev–Trinajstić information content (AvgIpc) is 2.92. The molecule has 0 saturated heterocycles. The smallest absolute Gasteiger partial charge is 0.358 e. The Morgan fingerprint density at radius 1 is 1.17 bits per heavy atom. The first kappa shape index (κ1) is 15.0. The van der Waals surface area contributed by atoms with Crippen molar-refractivity contribution in [3.05, 3.63) is 46.8 Å². The third-order valence-electron chi connectivity index (χ3n) is 3.89. The fourth-order valence-corrected chi connectivity index (χ4v) is 2.53. The lowest BCUT2D eigenvalue weighted by Gasteiger charge is -2.15. The Morgan fingerprint density at radius 2 is 1.91 bits per heavy atom. The van der Waals surface area contributed by atoms with E-state index in [1.165, 1.54) is 7.11 Å². The number of hydrogen-bond donors (Lipinski definition) is 2. The lowest BCUT2D eigenvalue weighted by molar-refractivity contribution is 0.0595. The van der Waals surface area contributed by atoms with Crippen molar-refractivity contribution in [2.75, 3.05) is 12.4 Å². The number of H-pyrrole nitrogens is 1. The Labute approximate surface area is 133 Å². The van der Waals surface area contributed by atoms with Crippen molar-refractivity contribution >= 4 is 28.4 Å². The van der Waals surface area contributed by atoms with Gasteiger partial charge in [-0.3, -0.25) is 5.10 Å². The van der Waals surface area contributed by atoms with Crippen molar-refractivity contribution in [1.29, 1.82) is 0 Å². The molecule has 6 heteroatoms. The predicted molar refractivity (Wildman–Crippen MR) is 89.2 cm³/mol. The van der Waals surface area contributed by atoms with Gasteiger partial charge in [0.05, 0.1) is 18.5 Å². The molecule has 0 atom stereocenters. The highest BCUT2D eigenvalue weighted by atomic mass is 16.5. The molecule has 0 aliphatic heterocycles. The summed E-state index contributed by atoms with van der Waals surface area (Å²) in [6.45, 7) is 5.79. The lowest BCUT2D eigenvalue weighted by atomic mass is 10.1. The lowest BCUT2D eigenvalue weighted by Crippen LogP contribution is -2.11. The number of carbonyl (C=O) groups is 1. The van der Waals surface area contributed by atoms with Crippen molar-refractivity contribution in [3.63, 3.8) is 0 Å². The number of nitrogens with zero attached hydrogens (tertiary/aromatic N) is 2. The third-order valence-corrected chi connectivity index (χ3v) is 3.89. The van der Waals surface area contributed by atoms with Gasteiger partial charge in [-0.2, -0.15) is 5.10 Å². The number of rotatable bonds is 3. The van der Waals surface area contributed by atoms with Crippen molar-refractivity contribution in [1.82, 2.24) is 15.2 Å². The highest BCUT2D eigenvalue weighted by molar-refractivity contribution is 6.00. The van der Waals surface area contributed by atoms with Crippen LogP contribution in [0.15, 0.2) is 24.3 Å². The van der Waals surface area contributed by atoms with Gasteiger partial charge in [0.25, 0.3) is 0 Å². The van der Waals surface area contributed by atoms with E-state index < -0.39 is 5.97 Å². The second kappa shape index (κ2) is 5.72. The van der Waals surface area contributed by atoms with E-state index >= 15 is 0 Å². The summed E-state index contributed by atoms with van der Waals surface area (Å²) in [5.74, 6) is -0.480. The van der Waals surface area contributed by atoms with Crippen molar-refractivity contribution in [2.45, 2.75) is 20.8 Å². The zero-order chi connectivity index (χ0) is 16.6. The first-order valence-electron chi connectivity index (χ1n) is 7.29. The Balaban J connectivity index is 2.23. The molecule has 23 heavy (non-hydrogen) atoms. The summed E-state index contributed by atoms with van der Waals surface area (Å²) in [5.41, 5.74) is 5.94. The Hall–Kier alpha value is -2.89. The molecule has 0 bridgehead atoms. The maximum absolute atomic E-state index is 12.2. The fourth-order valence-electron chi connectivity index (χ4n) is 2.53. The van der Waals surface area contributed by atoms with Crippen molar-refractivity contribution in [2.24, 2.45) is 0 Å². The molecule has 6 nitrogen and oxygen atoms in total. The van der Waals surface area contributed by atoms with Gasteiger partial charge in [0.1, 0.15) is 11.0 Å². The van der Waals surface area contributed by atoms with Crippen LogP contribution in [0, 0.1) is 20.8 Å². The van der Waals surface area contributed by atoms with E-state index in [0.29, 0.717) is 11.2 Å². The van der Waals surface area contributed by atoms with Crippen LogP contribution in [0.2, 0.25) is 0 Å². The number of pyridine rings is 1. The number of benzene rings is 1. The van der Waals surface area contributed by atoms with E-state index in [2.05, 4.69) is 20.5 Å². The molecule has 0 aliphatic rings. The maximum atomic E-state index is 12.2. The molecule has 2 heterocycles. The molecule has 2 N–H and O–H groups in total. The van der Waals surface area contributed by atoms with Gasteiger partial charge in [-0.1, -0.05) is 18.2 Å². The van der Waals surface area contributed by atoms with Gasteiger partial charge in [-0.05, 0) is 32.4 Å². The first-order valence-corrected chi connectivity index (χ1v) is 7.29. The number of aromatic nitrogens is 3. The van der Waals surface area contributed by atoms with Gasteiger partial charge in [-0.25, -0.2) is 9.78 Å². The number of para-hydroxylation sites is 1. The average molecular weight is 310 g/mol. The Morgan fingerprint density at radius 3 is 2.61 bits per heavy atom. The largest absolute Gasteiger partial charge is 0.464 e. The molecule has 2 aromatic heterocycles. The SMILES string of the molecule is COC(=O)c1nc2c(C)[nH]nc2c(C)c1Nc1ccccc1C. The summed E-state index contributed by atoms with van der Waals surface area (Å²) in [7, 11) is 1.35. The second-order valence-electron chi connectivity index (χ2n) is 5.44. The van der Waals surface area contributed by atoms with Crippen molar-refractivity contribution < 1.29 is 9.53 Å². The van der Waals surface area contributed by atoms with Gasteiger partial charge < -0.3 is 10.1 Å². The van der Waals surface area contributed by atoms with Crippen LogP contribution < -0.4 is 5.32 Å². The minimum atomic E-state index is -0.480. The van der Waals surface area contributed by atoms with Gasteiger partial charge in [0.2, 0.25) is 0 Å². The van der Waals surface area contributed by atoms with E-state index in [9.17, 15) is 4.79 Å². The number of ether oxygens (including phenoxy) is 1. The van der Waals surface area contributed by atoms with Gasteiger partial charge in [0.15, 0.2) is 5.69 Å². The van der Waals surface area contributed by atoms with E-state index in [1.807, 2.05) is 45.0 Å². The second-order valence-corrected chi connectivity index (χ2v) is 5.44. The number of methoxy groups -OCH3 is 1. The molecule has 0 unspecified atom stereocenters. The minimum Gasteiger partial charge on any atom is -0.464 e. The van der Waals surface area contributed by atoms with Crippen LogP contribution in [-0.4, -0.2) is 28.3 Å². The van der Waals surface area contributed by atoms with E-state index in [4.69, 9.17) is 4.74 Å². The zero-order valence-corrected chi connectivity index (χ0v) is 13.5. The van der Waals surface area contributed by atoms with Gasteiger partial charge >= 0.3 is 5.97 Å². The number of nitrogens with one attached hydrogen (secondary N) is 2. The zero-order valence-electron chi connectivity index (χ0n) is 13.5. The molecule has 3 rings (SSSR count). The molecular weight excluding hydrogens is 292 g/mol. The quantitative estimate of drug-likeness (QED) is 0.725. The summed E-state index contributed by atoms with van der Waals surface area (Å²) >= 11 is 0. The molecular formula is C17H18N4O2. The molecule has 0 radical (unpaired) electrons.